The Morgan fingerprint density at radius 1 is 1.10 bits per heavy atom. The Morgan fingerprint density at radius 3 is 1.90 bits per heavy atom. The Balaban J connectivity index is 0. The Labute approximate surface area is 76.5 Å². The number of unbranched alkanes of at least 4 members (excludes halogenated alkanes) is 1. The minimum absolute atomic E-state index is 0. The molecular weight excluding hydrogens is 135 g/mol. The first kappa shape index (κ1) is 13.1. The van der Waals surface area contributed by atoms with Gasteiger partial charge in [0.25, 0.3) is 0 Å². The largest absolute Gasteiger partial charge is 0.187 e. The third kappa shape index (κ3) is 6.65. The molecule has 0 spiro atoms. The Hall–Kier alpha value is 0.532. The summed E-state index contributed by atoms with van der Waals surface area (Å²) < 4.78 is 0. The lowest BCUT2D eigenvalue weighted by Crippen LogP contribution is -2.02. The summed E-state index contributed by atoms with van der Waals surface area (Å²) in [6.45, 7) is 9.22. The van der Waals surface area contributed by atoms with Crippen LogP contribution in [0.5, 0.6) is 0 Å². The van der Waals surface area contributed by atoms with Crippen molar-refractivity contribution in [3.8, 4) is 0 Å². The van der Waals surface area contributed by atoms with Crippen molar-refractivity contribution in [2.75, 3.05) is 0 Å². The molecule has 62 valence electrons. The van der Waals surface area contributed by atoms with Gasteiger partial charge in [-0.05, 0) is 11.8 Å². The van der Waals surface area contributed by atoms with E-state index in [1.54, 1.807) is 0 Å². The van der Waals surface area contributed by atoms with E-state index in [1.165, 1.54) is 19.3 Å². The highest BCUT2D eigenvalue weighted by Crippen LogP contribution is 2.16. The third-order valence-corrected chi connectivity index (χ3v) is 2.15. The highest BCUT2D eigenvalue weighted by Gasteiger charge is 2.04. The summed E-state index contributed by atoms with van der Waals surface area (Å²) in [5.74, 6) is 1.79. The van der Waals surface area contributed by atoms with Crippen LogP contribution in [0.3, 0.4) is 0 Å². The van der Waals surface area contributed by atoms with Crippen LogP contribution in [-0.4, -0.2) is 17.4 Å². The van der Waals surface area contributed by atoms with Gasteiger partial charge in [-0.3, -0.25) is 0 Å². The fourth-order valence-corrected chi connectivity index (χ4v) is 0.859. The molecule has 0 aromatic carbocycles. The van der Waals surface area contributed by atoms with Crippen LogP contribution in [0.15, 0.2) is 0 Å². The molecule has 0 aliphatic heterocycles. The zero-order chi connectivity index (χ0) is 7.28. The van der Waals surface area contributed by atoms with Crippen LogP contribution in [0.25, 0.3) is 0 Å². The van der Waals surface area contributed by atoms with Crippen molar-refractivity contribution in [2.24, 2.45) is 11.8 Å². The zero-order valence-electron chi connectivity index (χ0n) is 7.28. The van der Waals surface area contributed by atoms with Gasteiger partial charge in [-0.2, -0.15) is 0 Å². The molecule has 0 aromatic rings. The standard InChI is InChI=1S/C9H20.Al.3H/c1-5-6-7-9(4)8(2)3;;;;/h8-9H,5-7H2,1-4H3;;;;. The molecule has 0 bridgehead atoms. The fraction of sp³-hybridized carbons (Fsp3) is 1.00. The second-order valence-electron chi connectivity index (χ2n) is 3.36. The molecule has 0 aliphatic rings. The molecule has 0 radical (unpaired) electrons. The molecule has 0 fully saturated rings. The van der Waals surface area contributed by atoms with Gasteiger partial charge in [-0.25, -0.2) is 0 Å². The summed E-state index contributed by atoms with van der Waals surface area (Å²) in [4.78, 5) is 0. The molecule has 10 heavy (non-hydrogen) atoms. The van der Waals surface area contributed by atoms with Crippen LogP contribution < -0.4 is 0 Å². The van der Waals surface area contributed by atoms with E-state index in [-0.39, 0.29) is 17.4 Å². The van der Waals surface area contributed by atoms with Crippen molar-refractivity contribution in [3.05, 3.63) is 0 Å². The Morgan fingerprint density at radius 2 is 1.60 bits per heavy atom. The van der Waals surface area contributed by atoms with Crippen molar-refractivity contribution in [3.63, 3.8) is 0 Å². The van der Waals surface area contributed by atoms with E-state index in [0.717, 1.165) is 11.8 Å². The fourth-order valence-electron chi connectivity index (χ4n) is 0.859. The number of hydrogen-bond acceptors (Lipinski definition) is 0. The van der Waals surface area contributed by atoms with Crippen molar-refractivity contribution in [2.45, 2.75) is 47.0 Å². The topological polar surface area (TPSA) is 0 Å². The molecule has 0 rings (SSSR count). The maximum Gasteiger partial charge on any atom is 0.187 e. The van der Waals surface area contributed by atoms with E-state index < -0.39 is 0 Å². The van der Waals surface area contributed by atoms with E-state index in [9.17, 15) is 0 Å². The molecule has 1 atom stereocenters. The van der Waals surface area contributed by atoms with Gasteiger partial charge in [0.15, 0.2) is 17.4 Å². The van der Waals surface area contributed by atoms with Crippen LogP contribution in [0.1, 0.15) is 47.0 Å². The van der Waals surface area contributed by atoms with Gasteiger partial charge in [-0.1, -0.05) is 47.0 Å². The van der Waals surface area contributed by atoms with Crippen LogP contribution in [-0.2, 0) is 0 Å². The van der Waals surface area contributed by atoms with Gasteiger partial charge in [0.05, 0.1) is 0 Å². The quantitative estimate of drug-likeness (QED) is 0.551. The number of hydrogen-bond donors (Lipinski definition) is 0. The van der Waals surface area contributed by atoms with Crippen molar-refractivity contribution in [1.82, 2.24) is 0 Å². The third-order valence-electron chi connectivity index (χ3n) is 2.15. The maximum absolute atomic E-state index is 2.35. The van der Waals surface area contributed by atoms with Gasteiger partial charge in [0.2, 0.25) is 0 Å². The predicted octanol–water partition coefficient (Wildman–Crippen LogP) is 2.28. The second-order valence-corrected chi connectivity index (χ2v) is 3.36. The summed E-state index contributed by atoms with van der Waals surface area (Å²) in [6.07, 6.45) is 4.16. The van der Waals surface area contributed by atoms with Crippen LogP contribution in [0.2, 0.25) is 0 Å². The van der Waals surface area contributed by atoms with Gasteiger partial charge in [0.1, 0.15) is 0 Å². The summed E-state index contributed by atoms with van der Waals surface area (Å²) in [5, 5.41) is 0. The molecule has 0 N–H and O–H groups in total. The molecule has 0 aromatic heterocycles. The van der Waals surface area contributed by atoms with Crippen LogP contribution in [0.4, 0.5) is 0 Å². The van der Waals surface area contributed by atoms with Crippen molar-refractivity contribution in [1.29, 1.82) is 0 Å². The summed E-state index contributed by atoms with van der Waals surface area (Å²) in [5.41, 5.74) is 0. The zero-order valence-corrected chi connectivity index (χ0v) is 7.28. The average molecular weight is 158 g/mol. The summed E-state index contributed by atoms with van der Waals surface area (Å²) in [6, 6.07) is 0. The Bertz CT molecular complexity index is 59.7. The highest BCUT2D eigenvalue weighted by molar-refractivity contribution is 5.75. The number of rotatable bonds is 4. The molecule has 0 aliphatic carbocycles. The monoisotopic (exact) mass is 158 g/mol. The van der Waals surface area contributed by atoms with E-state index in [0.29, 0.717) is 0 Å². The minimum Gasteiger partial charge on any atom is -0.0654 e. The minimum atomic E-state index is 0. The SMILES string of the molecule is CCCCC(C)C(C)C.[AlH3]. The van der Waals surface area contributed by atoms with Crippen molar-refractivity contribution >= 4 is 17.4 Å². The van der Waals surface area contributed by atoms with Gasteiger partial charge in [0, 0.05) is 0 Å². The summed E-state index contributed by atoms with van der Waals surface area (Å²) >= 11 is 0. The molecule has 1 unspecified atom stereocenters. The van der Waals surface area contributed by atoms with Crippen LogP contribution >= 0.6 is 0 Å². The summed E-state index contributed by atoms with van der Waals surface area (Å²) in [7, 11) is 0. The normalized spacial score (nSPS) is 12.9. The lowest BCUT2D eigenvalue weighted by Gasteiger charge is -2.13. The molecule has 0 heterocycles. The van der Waals surface area contributed by atoms with Gasteiger partial charge >= 0.3 is 0 Å². The van der Waals surface area contributed by atoms with Gasteiger partial charge < -0.3 is 0 Å². The van der Waals surface area contributed by atoms with Crippen LogP contribution in [0, 0.1) is 11.8 Å². The molecule has 0 nitrogen and oxygen atoms in total. The van der Waals surface area contributed by atoms with Gasteiger partial charge in [-0.15, -0.1) is 0 Å². The molecule has 0 saturated heterocycles. The lowest BCUT2D eigenvalue weighted by molar-refractivity contribution is 0.381. The predicted molar refractivity (Wildman–Crippen MR) is 53.5 cm³/mol. The molecular formula is C9H23Al. The lowest BCUT2D eigenvalue weighted by atomic mass is 9.93. The average Bonchev–Trinajstić information content (AvgIpc) is 1.82. The van der Waals surface area contributed by atoms with E-state index >= 15 is 0 Å². The van der Waals surface area contributed by atoms with E-state index in [2.05, 4.69) is 27.7 Å². The molecule has 1 heteroatoms. The first-order chi connectivity index (χ1) is 4.18. The second kappa shape index (κ2) is 7.64. The first-order valence-electron chi connectivity index (χ1n) is 4.18. The van der Waals surface area contributed by atoms with E-state index in [4.69, 9.17) is 0 Å². The smallest absolute Gasteiger partial charge is 0.0654 e. The highest BCUT2D eigenvalue weighted by atomic mass is 27.0. The Kier molecular flexibility index (Phi) is 10.0. The maximum atomic E-state index is 2.35. The molecule has 0 amide bonds. The van der Waals surface area contributed by atoms with E-state index in [1.807, 2.05) is 0 Å². The van der Waals surface area contributed by atoms with Crippen molar-refractivity contribution < 1.29 is 0 Å². The molecule has 0 saturated carbocycles. The first-order valence-corrected chi connectivity index (χ1v) is 4.18.